The first kappa shape index (κ1) is 34.2. The van der Waals surface area contributed by atoms with Gasteiger partial charge in [-0.3, -0.25) is 9.59 Å². The molecule has 1 heterocycles. The van der Waals surface area contributed by atoms with Crippen molar-refractivity contribution in [2.75, 3.05) is 5.32 Å². The fraction of sp³-hybridized carbons (Fsp3) is 0.212. The van der Waals surface area contributed by atoms with E-state index >= 15 is 0 Å². The van der Waals surface area contributed by atoms with Crippen molar-refractivity contribution in [2.45, 2.75) is 49.8 Å². The van der Waals surface area contributed by atoms with E-state index in [1.54, 1.807) is 18.4 Å². The summed E-state index contributed by atoms with van der Waals surface area (Å²) in [5, 5.41) is 37.7. The van der Waals surface area contributed by atoms with Crippen LogP contribution in [0.4, 0.5) is 14.5 Å². The molecule has 10 nitrogen and oxygen atoms in total. The number of rotatable bonds is 12. The molecular weight excluding hydrogens is 620 g/mol. The van der Waals surface area contributed by atoms with Crippen LogP contribution < -0.4 is 10.5 Å². The minimum atomic E-state index is -4.08. The molecule has 0 aliphatic carbocycles. The first-order chi connectivity index (χ1) is 21.6. The van der Waals surface area contributed by atoms with E-state index in [0.29, 0.717) is 27.9 Å². The topological polar surface area (TPSA) is 172 Å². The average molecular weight is 654 g/mol. The Labute approximate surface area is 264 Å². The van der Waals surface area contributed by atoms with Crippen LogP contribution in [-0.4, -0.2) is 52.4 Å². The van der Waals surface area contributed by atoms with Gasteiger partial charge < -0.3 is 25.2 Å². The summed E-state index contributed by atoms with van der Waals surface area (Å²) in [6, 6.07) is 15.8. The second-order valence-electron chi connectivity index (χ2n) is 10.9. The van der Waals surface area contributed by atoms with Gasteiger partial charge in [-0.2, -0.15) is 0 Å². The molecule has 0 aliphatic heterocycles. The van der Waals surface area contributed by atoms with Gasteiger partial charge >= 0.3 is 5.97 Å². The molecule has 13 heteroatoms. The van der Waals surface area contributed by atoms with Gasteiger partial charge in [-0.15, -0.1) is 0 Å². The third kappa shape index (κ3) is 8.12. The van der Waals surface area contributed by atoms with Crippen LogP contribution in [0.1, 0.15) is 48.9 Å². The number of carbonyl (C=O) groups is 2. The lowest BCUT2D eigenvalue weighted by atomic mass is 9.94. The number of benzene rings is 3. The number of aliphatic hydroxyl groups is 2. The lowest BCUT2D eigenvalue weighted by molar-refractivity contribution is -0.139. The fourth-order valence-electron chi connectivity index (χ4n) is 5.12. The summed E-state index contributed by atoms with van der Waals surface area (Å²) in [6.45, 7) is 3.59. The molecule has 0 aliphatic rings. The molecule has 4 rings (SSSR count). The minimum Gasteiger partial charge on any atom is -0.481 e. The van der Waals surface area contributed by atoms with E-state index in [1.165, 1.54) is 84.9 Å². The van der Waals surface area contributed by atoms with Crippen molar-refractivity contribution in [1.82, 2.24) is 4.57 Å². The van der Waals surface area contributed by atoms with Crippen molar-refractivity contribution in [3.63, 3.8) is 0 Å². The third-order valence-corrected chi connectivity index (χ3v) is 7.97. The van der Waals surface area contributed by atoms with Crippen molar-refractivity contribution in [3.8, 4) is 22.3 Å². The number of nitrogens with one attached hydrogen (secondary N) is 1. The van der Waals surface area contributed by atoms with Crippen LogP contribution in [-0.2, 0) is 14.8 Å². The molecule has 0 saturated carbocycles. The zero-order chi connectivity index (χ0) is 33.8. The Balaban J connectivity index is 1.99. The van der Waals surface area contributed by atoms with Gasteiger partial charge in [0, 0.05) is 35.0 Å². The largest absolute Gasteiger partial charge is 0.481 e. The zero-order valence-corrected chi connectivity index (χ0v) is 25.7. The monoisotopic (exact) mass is 653 g/mol. The van der Waals surface area contributed by atoms with Crippen LogP contribution in [0.25, 0.3) is 28.3 Å². The van der Waals surface area contributed by atoms with Crippen molar-refractivity contribution in [2.24, 2.45) is 5.14 Å². The average Bonchev–Trinajstić information content (AvgIpc) is 3.31. The van der Waals surface area contributed by atoms with Crippen molar-refractivity contribution >= 4 is 33.7 Å². The molecule has 4 aromatic rings. The number of aliphatic carboxylic acids is 1. The predicted molar refractivity (Wildman–Crippen MR) is 169 cm³/mol. The Morgan fingerprint density at radius 3 is 2.02 bits per heavy atom. The van der Waals surface area contributed by atoms with E-state index in [1.807, 2.05) is 0 Å². The number of hydrogen-bond acceptors (Lipinski definition) is 6. The van der Waals surface area contributed by atoms with Crippen molar-refractivity contribution < 1.29 is 42.1 Å². The smallest absolute Gasteiger partial charge is 0.305 e. The quantitative estimate of drug-likeness (QED) is 0.140. The summed E-state index contributed by atoms with van der Waals surface area (Å²) in [6.07, 6.45) is -0.594. The number of anilines is 1. The number of hydrogen-bond donors (Lipinski definition) is 5. The highest BCUT2D eigenvalue weighted by Crippen LogP contribution is 2.43. The summed E-state index contributed by atoms with van der Waals surface area (Å²) in [4.78, 5) is 25.0. The zero-order valence-electron chi connectivity index (χ0n) is 24.9. The molecule has 0 bridgehead atoms. The normalized spacial score (nSPS) is 13.2. The molecule has 0 radical (unpaired) electrons. The van der Waals surface area contributed by atoms with Gasteiger partial charge in [-0.05, 0) is 73.5 Å². The molecular formula is C33H33F2N3O7S. The number of amides is 1. The summed E-state index contributed by atoms with van der Waals surface area (Å²) < 4.78 is 53.7. The number of aromatic nitrogens is 1. The Morgan fingerprint density at radius 2 is 1.50 bits per heavy atom. The molecule has 0 unspecified atom stereocenters. The number of nitrogens with zero attached hydrogens (tertiary/aromatic N) is 1. The first-order valence-corrected chi connectivity index (χ1v) is 15.7. The van der Waals surface area contributed by atoms with Crippen LogP contribution in [0.2, 0.25) is 0 Å². The van der Waals surface area contributed by atoms with E-state index in [0.717, 1.165) is 0 Å². The number of carbonyl (C=O) groups excluding carboxylic acids is 1. The van der Waals surface area contributed by atoms with E-state index in [-0.39, 0.29) is 22.7 Å². The third-order valence-electron chi connectivity index (χ3n) is 7.06. The number of carboxylic acids is 1. The lowest BCUT2D eigenvalue weighted by Gasteiger charge is -2.17. The molecule has 2 atom stereocenters. The molecule has 0 saturated heterocycles. The van der Waals surface area contributed by atoms with Gasteiger partial charge in [0.1, 0.15) is 17.3 Å². The molecule has 242 valence electrons. The number of halogens is 2. The van der Waals surface area contributed by atoms with E-state index in [4.69, 9.17) is 10.2 Å². The van der Waals surface area contributed by atoms with Gasteiger partial charge in [-0.1, -0.05) is 36.4 Å². The Bertz CT molecular complexity index is 1870. The molecule has 3 aromatic carbocycles. The highest BCUT2D eigenvalue weighted by Gasteiger charge is 2.30. The molecule has 0 spiro atoms. The molecule has 46 heavy (non-hydrogen) atoms. The standard InChI is InChI=1S/C33H33F2N3O7S/c1-19(2)38-28(15-14-25(39)17-26(40)18-29(41)42)30(20-6-10-22(34)11-7-20)31(21-8-12-23(35)13-9-21)32(38)33(43)37-24-4-3-5-27(16-24)46(36,44)45/h3-16,19,25-26,39-40H,17-18H2,1-2H3,(H,37,43)(H,41,42)(H2,36,44,45)/t25-,26-/m1/s1. The van der Waals surface area contributed by atoms with Gasteiger partial charge in [-0.25, -0.2) is 22.3 Å². The lowest BCUT2D eigenvalue weighted by Crippen LogP contribution is -2.20. The van der Waals surface area contributed by atoms with Gasteiger partial charge in [0.15, 0.2) is 0 Å². The van der Waals surface area contributed by atoms with Crippen LogP contribution in [0.15, 0.2) is 83.8 Å². The highest BCUT2D eigenvalue weighted by molar-refractivity contribution is 7.89. The summed E-state index contributed by atoms with van der Waals surface area (Å²) in [5.41, 5.74) is 2.26. The van der Waals surface area contributed by atoms with Gasteiger partial charge in [0.25, 0.3) is 5.91 Å². The van der Waals surface area contributed by atoms with E-state index in [2.05, 4.69) is 5.32 Å². The molecule has 1 aromatic heterocycles. The van der Waals surface area contributed by atoms with Crippen LogP contribution in [0, 0.1) is 11.6 Å². The maximum absolute atomic E-state index is 14.2. The number of sulfonamides is 1. The number of aliphatic hydroxyl groups excluding tert-OH is 2. The Morgan fingerprint density at radius 1 is 0.935 bits per heavy atom. The molecule has 6 N–H and O–H groups in total. The van der Waals surface area contributed by atoms with Crippen LogP contribution in [0.3, 0.4) is 0 Å². The minimum absolute atomic E-state index is 0.0852. The predicted octanol–water partition coefficient (Wildman–Crippen LogP) is 5.18. The van der Waals surface area contributed by atoms with E-state index < -0.39 is 58.2 Å². The second kappa shape index (κ2) is 14.2. The summed E-state index contributed by atoms with van der Waals surface area (Å²) in [5.74, 6) is -2.93. The maximum atomic E-state index is 14.2. The number of carboxylic acid groups (broad SMARTS) is 1. The first-order valence-electron chi connectivity index (χ1n) is 14.2. The SMILES string of the molecule is CC(C)n1c(C=C[C@@H](O)C[C@@H](O)CC(=O)O)c(-c2ccc(F)cc2)c(-c2ccc(F)cc2)c1C(=O)Nc1cccc(S(N)(=O)=O)c1. The van der Waals surface area contributed by atoms with Gasteiger partial charge in [0.2, 0.25) is 10.0 Å². The summed E-state index contributed by atoms with van der Waals surface area (Å²) in [7, 11) is -4.08. The van der Waals surface area contributed by atoms with Crippen molar-refractivity contribution in [3.05, 3.63) is 102 Å². The second-order valence-corrected chi connectivity index (χ2v) is 12.5. The fourth-order valence-corrected chi connectivity index (χ4v) is 5.68. The van der Waals surface area contributed by atoms with Crippen molar-refractivity contribution in [1.29, 1.82) is 0 Å². The maximum Gasteiger partial charge on any atom is 0.305 e. The number of primary sulfonamides is 1. The number of nitrogens with two attached hydrogens (primary N) is 1. The Hall–Kier alpha value is -4.69. The summed E-state index contributed by atoms with van der Waals surface area (Å²) >= 11 is 0. The van der Waals surface area contributed by atoms with Gasteiger partial charge in [0.05, 0.1) is 23.5 Å². The highest BCUT2D eigenvalue weighted by atomic mass is 32.2. The molecule has 1 amide bonds. The van der Waals surface area contributed by atoms with Crippen LogP contribution >= 0.6 is 0 Å². The van der Waals surface area contributed by atoms with E-state index in [9.17, 15) is 37.0 Å². The molecule has 0 fully saturated rings. The van der Waals surface area contributed by atoms with Crippen LogP contribution in [0.5, 0.6) is 0 Å². The Kier molecular flexibility index (Phi) is 10.5.